The van der Waals surface area contributed by atoms with E-state index in [2.05, 4.69) is 6.58 Å². The number of benzene rings is 2. The third kappa shape index (κ3) is 4.74. The lowest BCUT2D eigenvalue weighted by molar-refractivity contribution is -0.154. The number of likely N-dealkylation sites (tertiary alicyclic amines) is 1. The number of rotatable bonds is 12. The third-order valence-electron chi connectivity index (χ3n) is 8.52. The summed E-state index contributed by atoms with van der Waals surface area (Å²) < 4.78 is 11.9. The number of nitrogens with zero attached hydrogens (tertiary/aromatic N) is 2. The average molecular weight is 535 g/mol. The normalized spacial score (nSPS) is 27.1. The highest BCUT2D eigenvalue weighted by atomic mass is 16.6. The van der Waals surface area contributed by atoms with Crippen LogP contribution in [0.5, 0.6) is 0 Å². The zero-order valence-corrected chi connectivity index (χ0v) is 22.6. The van der Waals surface area contributed by atoms with Crippen molar-refractivity contribution in [3.05, 3.63) is 55.1 Å². The van der Waals surface area contributed by atoms with Gasteiger partial charge in [-0.25, -0.2) is 0 Å². The maximum Gasteiger partial charge on any atom is 0.312 e. The van der Waals surface area contributed by atoms with E-state index < -0.39 is 35.6 Å². The molecule has 3 fully saturated rings. The van der Waals surface area contributed by atoms with Gasteiger partial charge in [0.1, 0.15) is 11.6 Å². The van der Waals surface area contributed by atoms with Crippen LogP contribution in [0.4, 0.5) is 5.69 Å². The fourth-order valence-electron chi connectivity index (χ4n) is 6.87. The van der Waals surface area contributed by atoms with Crippen LogP contribution in [0, 0.1) is 11.8 Å². The fraction of sp³-hybridized carbons (Fsp3) is 0.516. The van der Waals surface area contributed by atoms with Gasteiger partial charge in [-0.3, -0.25) is 14.4 Å². The molecule has 5 atom stereocenters. The second kappa shape index (κ2) is 11.5. The van der Waals surface area contributed by atoms with E-state index in [9.17, 15) is 14.4 Å². The molecule has 0 aliphatic carbocycles. The molecule has 3 aliphatic rings. The number of ether oxygens (including phenoxy) is 2. The van der Waals surface area contributed by atoms with Crippen molar-refractivity contribution in [2.75, 3.05) is 31.2 Å². The number of carbonyl (C=O) groups excluding carboxylic acids is 3. The van der Waals surface area contributed by atoms with Gasteiger partial charge in [0.2, 0.25) is 5.91 Å². The number of carbonyl (C=O) groups is 3. The van der Waals surface area contributed by atoms with Crippen LogP contribution >= 0.6 is 0 Å². The number of amides is 2. The Hall–Kier alpha value is -3.23. The molecular formula is C31H38N2O6. The van der Waals surface area contributed by atoms with Crippen molar-refractivity contribution >= 4 is 34.2 Å². The van der Waals surface area contributed by atoms with Crippen LogP contribution < -0.4 is 4.90 Å². The summed E-state index contributed by atoms with van der Waals surface area (Å²) in [7, 11) is 0. The van der Waals surface area contributed by atoms with Crippen LogP contribution in [0.2, 0.25) is 0 Å². The van der Waals surface area contributed by atoms with E-state index in [0.717, 1.165) is 29.3 Å². The predicted molar refractivity (Wildman–Crippen MR) is 148 cm³/mol. The maximum absolute atomic E-state index is 14.5. The minimum absolute atomic E-state index is 0.133. The minimum Gasteiger partial charge on any atom is -0.466 e. The molecule has 2 bridgehead atoms. The van der Waals surface area contributed by atoms with Crippen molar-refractivity contribution in [2.24, 2.45) is 11.8 Å². The minimum atomic E-state index is -1.06. The Balaban J connectivity index is 1.51. The van der Waals surface area contributed by atoms with Gasteiger partial charge in [-0.05, 0) is 55.5 Å². The van der Waals surface area contributed by atoms with E-state index >= 15 is 0 Å². The van der Waals surface area contributed by atoms with Gasteiger partial charge in [0, 0.05) is 25.4 Å². The zero-order chi connectivity index (χ0) is 27.6. The van der Waals surface area contributed by atoms with Crippen molar-refractivity contribution in [3.8, 4) is 0 Å². The Morgan fingerprint density at radius 1 is 1.18 bits per heavy atom. The quantitative estimate of drug-likeness (QED) is 0.253. The van der Waals surface area contributed by atoms with Gasteiger partial charge in [0.25, 0.3) is 5.91 Å². The second-order valence-corrected chi connectivity index (χ2v) is 10.7. The van der Waals surface area contributed by atoms with Crippen LogP contribution in [0.15, 0.2) is 55.1 Å². The molecule has 0 saturated carbocycles. The van der Waals surface area contributed by atoms with Crippen molar-refractivity contribution in [3.63, 3.8) is 0 Å². The predicted octanol–water partition coefficient (Wildman–Crippen LogP) is 3.85. The topological polar surface area (TPSA) is 96.4 Å². The van der Waals surface area contributed by atoms with E-state index in [1.54, 1.807) is 22.8 Å². The highest BCUT2D eigenvalue weighted by Gasteiger charge is 2.75. The highest BCUT2D eigenvalue weighted by molar-refractivity contribution is 6.05. The fourth-order valence-corrected chi connectivity index (χ4v) is 6.87. The smallest absolute Gasteiger partial charge is 0.312 e. The standard InChI is InChI=1S/C31H38N2O6/c1-3-17-32(23-14-13-21-11-7-8-12-22(21)20-23)29(36)27-31-16-15-24(39-31)25(30(37)38-4-2)26(31)28(35)33(27)18-9-5-6-10-19-34/h3,7-8,11-14,20,24-27,34H,1,4-6,9-10,15-19H2,2H3/t24-,25+,26-,27?,31?/m0/s1. The van der Waals surface area contributed by atoms with E-state index in [1.165, 1.54) is 0 Å². The SMILES string of the molecule is C=CCN(C(=O)C1N(CCCCCCO)C(=O)[C@@H]2[C@H](C(=O)OCC)[C@@H]3CCC12O3)c1ccc2ccccc2c1. The molecule has 39 heavy (non-hydrogen) atoms. The van der Waals surface area contributed by atoms with Crippen LogP contribution in [0.25, 0.3) is 10.8 Å². The first kappa shape index (κ1) is 27.3. The monoisotopic (exact) mass is 534 g/mol. The van der Waals surface area contributed by atoms with E-state index in [4.69, 9.17) is 14.6 Å². The molecule has 1 spiro atoms. The molecule has 208 valence electrons. The molecule has 8 nitrogen and oxygen atoms in total. The van der Waals surface area contributed by atoms with Crippen molar-refractivity contribution < 1.29 is 29.0 Å². The molecule has 3 saturated heterocycles. The van der Waals surface area contributed by atoms with Gasteiger partial charge < -0.3 is 24.4 Å². The number of unbranched alkanes of at least 4 members (excludes halogenated alkanes) is 3. The van der Waals surface area contributed by atoms with Crippen molar-refractivity contribution in [1.82, 2.24) is 4.90 Å². The summed E-state index contributed by atoms with van der Waals surface area (Å²) in [6, 6.07) is 13.0. The number of aliphatic hydroxyl groups is 1. The van der Waals surface area contributed by atoms with Crippen LogP contribution in [-0.2, 0) is 23.9 Å². The maximum atomic E-state index is 14.5. The van der Waals surface area contributed by atoms with E-state index in [1.807, 2.05) is 42.5 Å². The molecule has 1 N–H and O–H groups in total. The van der Waals surface area contributed by atoms with Gasteiger partial charge in [-0.2, -0.15) is 0 Å². The molecule has 2 unspecified atom stereocenters. The van der Waals surface area contributed by atoms with Gasteiger partial charge in [-0.1, -0.05) is 49.2 Å². The lowest BCUT2D eigenvalue weighted by atomic mass is 9.70. The number of anilines is 1. The van der Waals surface area contributed by atoms with Crippen LogP contribution in [0.1, 0.15) is 45.4 Å². The molecule has 2 amide bonds. The Bertz CT molecular complexity index is 1250. The number of hydrogen-bond acceptors (Lipinski definition) is 6. The molecule has 8 heteroatoms. The average Bonchev–Trinajstić information content (AvgIpc) is 3.58. The number of aliphatic hydroxyl groups excluding tert-OH is 1. The van der Waals surface area contributed by atoms with Gasteiger partial charge in [0.05, 0.1) is 24.5 Å². The molecule has 0 aromatic heterocycles. The molecule has 3 heterocycles. The second-order valence-electron chi connectivity index (χ2n) is 10.7. The molecular weight excluding hydrogens is 496 g/mol. The molecule has 3 aliphatic heterocycles. The lowest BCUT2D eigenvalue weighted by Crippen LogP contribution is -2.56. The first-order chi connectivity index (χ1) is 19.0. The molecule has 5 rings (SSSR count). The molecule has 0 radical (unpaired) electrons. The third-order valence-corrected chi connectivity index (χ3v) is 8.52. The summed E-state index contributed by atoms with van der Waals surface area (Å²) in [6.07, 6.45) is 5.49. The number of esters is 1. The lowest BCUT2D eigenvalue weighted by Gasteiger charge is -2.37. The van der Waals surface area contributed by atoms with Gasteiger partial charge >= 0.3 is 5.97 Å². The first-order valence-electron chi connectivity index (χ1n) is 14.1. The Morgan fingerprint density at radius 2 is 1.95 bits per heavy atom. The molecule has 2 aromatic carbocycles. The first-order valence-corrected chi connectivity index (χ1v) is 14.1. The summed E-state index contributed by atoms with van der Waals surface area (Å²) in [6.45, 7) is 6.66. The van der Waals surface area contributed by atoms with Crippen LogP contribution in [-0.4, -0.2) is 71.8 Å². The summed E-state index contributed by atoms with van der Waals surface area (Å²) in [4.78, 5) is 44.9. The number of fused-ring (bicyclic) bond motifs is 2. The summed E-state index contributed by atoms with van der Waals surface area (Å²) in [5.41, 5.74) is -0.333. The summed E-state index contributed by atoms with van der Waals surface area (Å²) in [5.74, 6) is -2.27. The highest BCUT2D eigenvalue weighted by Crippen LogP contribution is 2.59. The summed E-state index contributed by atoms with van der Waals surface area (Å²) in [5, 5.41) is 11.2. The Kier molecular flexibility index (Phi) is 8.05. The number of hydrogen-bond donors (Lipinski definition) is 1. The van der Waals surface area contributed by atoms with Gasteiger partial charge in [0.15, 0.2) is 0 Å². The zero-order valence-electron chi connectivity index (χ0n) is 22.6. The summed E-state index contributed by atoms with van der Waals surface area (Å²) >= 11 is 0. The Labute approximate surface area is 229 Å². The molecule has 2 aromatic rings. The van der Waals surface area contributed by atoms with E-state index in [-0.39, 0.29) is 31.6 Å². The van der Waals surface area contributed by atoms with Crippen molar-refractivity contribution in [2.45, 2.75) is 63.2 Å². The Morgan fingerprint density at radius 3 is 2.69 bits per heavy atom. The van der Waals surface area contributed by atoms with Crippen LogP contribution in [0.3, 0.4) is 0 Å². The van der Waals surface area contributed by atoms with Gasteiger partial charge in [-0.15, -0.1) is 6.58 Å². The van der Waals surface area contributed by atoms with Crippen molar-refractivity contribution in [1.29, 1.82) is 0 Å². The largest absolute Gasteiger partial charge is 0.466 e. The van der Waals surface area contributed by atoms with E-state index in [0.29, 0.717) is 32.2 Å².